The number of nitrogens with zero attached hydrogens (tertiary/aromatic N) is 2. The number of carbonyl (C=O) groups is 1. The van der Waals surface area contributed by atoms with Crippen LogP contribution < -0.4 is 0 Å². The number of aromatic nitrogens is 2. The Labute approximate surface area is 121 Å². The van der Waals surface area contributed by atoms with Gasteiger partial charge in [-0.3, -0.25) is 4.79 Å². The Balaban J connectivity index is 2.42. The maximum absolute atomic E-state index is 14.0. The van der Waals surface area contributed by atoms with E-state index in [4.69, 9.17) is 0 Å². The quantitative estimate of drug-likeness (QED) is 0.695. The molecule has 0 aliphatic heterocycles. The van der Waals surface area contributed by atoms with E-state index in [1.165, 1.54) is 13.2 Å². The molecule has 0 amide bonds. The lowest BCUT2D eigenvalue weighted by Gasteiger charge is -2.07. The largest absolute Gasteiger partial charge is 0.493 e. The summed E-state index contributed by atoms with van der Waals surface area (Å²) in [5, 5.41) is 12.6. The Kier molecular flexibility index (Phi) is 4.18. The van der Waals surface area contributed by atoms with Crippen LogP contribution in [0.3, 0.4) is 0 Å². The number of aromatic hydroxyl groups is 1. The summed E-state index contributed by atoms with van der Waals surface area (Å²) < 4.78 is 56.5. The molecule has 0 saturated carbocycles. The highest BCUT2D eigenvalue weighted by Crippen LogP contribution is 2.32. The van der Waals surface area contributed by atoms with E-state index in [0.717, 1.165) is 12.1 Å². The van der Waals surface area contributed by atoms with Gasteiger partial charge in [0.25, 0.3) is 0 Å². The molecule has 1 N–H and O–H groups in total. The van der Waals surface area contributed by atoms with Gasteiger partial charge >= 0.3 is 6.18 Å². The van der Waals surface area contributed by atoms with Gasteiger partial charge in [-0.05, 0) is 18.2 Å². The normalized spacial score (nSPS) is 11.7. The van der Waals surface area contributed by atoms with Crippen molar-refractivity contribution in [1.82, 2.24) is 9.78 Å². The van der Waals surface area contributed by atoms with Crippen molar-refractivity contribution in [2.24, 2.45) is 0 Å². The minimum atomic E-state index is -4.77. The number of alkyl halides is 3. The van der Waals surface area contributed by atoms with E-state index >= 15 is 0 Å². The van der Waals surface area contributed by atoms with Crippen LogP contribution in [0.4, 0.5) is 17.6 Å². The predicted octanol–water partition coefficient (Wildman–Crippen LogP) is 2.56. The molecule has 0 radical (unpaired) electrons. The highest BCUT2D eigenvalue weighted by atomic mass is 19.4. The number of benzene rings is 1. The van der Waals surface area contributed by atoms with E-state index in [-0.39, 0.29) is 12.2 Å². The summed E-state index contributed by atoms with van der Waals surface area (Å²) in [6.07, 6.45) is -4.77. The zero-order valence-corrected chi connectivity index (χ0v) is 11.2. The molecule has 2 rings (SSSR count). The van der Waals surface area contributed by atoms with E-state index in [1.54, 1.807) is 0 Å². The molecule has 2 aromatic rings. The SMILES string of the molecule is COCC(=O)c1ccc(-n2nc(C(F)(F)F)cc2O)c(F)c1. The lowest BCUT2D eigenvalue weighted by molar-refractivity contribution is -0.141. The number of halogens is 4. The second-order valence-corrected chi connectivity index (χ2v) is 4.32. The van der Waals surface area contributed by atoms with E-state index in [1.807, 2.05) is 0 Å². The van der Waals surface area contributed by atoms with Gasteiger partial charge in [0, 0.05) is 18.7 Å². The summed E-state index contributed by atoms with van der Waals surface area (Å²) in [5.74, 6) is -2.37. The van der Waals surface area contributed by atoms with Gasteiger partial charge in [0.15, 0.2) is 11.5 Å². The van der Waals surface area contributed by atoms with Crippen LogP contribution in [-0.4, -0.2) is 34.4 Å². The minimum Gasteiger partial charge on any atom is -0.493 e. The molecule has 0 bridgehead atoms. The average Bonchev–Trinajstić information content (AvgIpc) is 2.81. The molecule has 22 heavy (non-hydrogen) atoms. The maximum atomic E-state index is 14.0. The van der Waals surface area contributed by atoms with Crippen molar-refractivity contribution in [3.05, 3.63) is 41.3 Å². The van der Waals surface area contributed by atoms with Crippen molar-refractivity contribution in [3.8, 4) is 11.6 Å². The zero-order chi connectivity index (χ0) is 16.5. The number of hydrogen-bond donors (Lipinski definition) is 1. The molecule has 1 aromatic carbocycles. The second-order valence-electron chi connectivity index (χ2n) is 4.32. The fraction of sp³-hybridized carbons (Fsp3) is 0.231. The van der Waals surface area contributed by atoms with Crippen LogP contribution in [0.15, 0.2) is 24.3 Å². The zero-order valence-electron chi connectivity index (χ0n) is 11.2. The first kappa shape index (κ1) is 16.0. The molecule has 0 spiro atoms. The van der Waals surface area contributed by atoms with E-state index < -0.39 is 35.0 Å². The number of ether oxygens (including phenoxy) is 1. The molecule has 0 fully saturated rings. The van der Waals surface area contributed by atoms with Crippen molar-refractivity contribution in [3.63, 3.8) is 0 Å². The van der Waals surface area contributed by atoms with Crippen LogP contribution in [0.1, 0.15) is 16.1 Å². The fourth-order valence-corrected chi connectivity index (χ4v) is 1.75. The molecular weight excluding hydrogens is 308 g/mol. The summed E-state index contributed by atoms with van der Waals surface area (Å²) in [6, 6.07) is 3.47. The number of hydrogen-bond acceptors (Lipinski definition) is 4. The molecule has 118 valence electrons. The highest BCUT2D eigenvalue weighted by molar-refractivity contribution is 5.97. The first-order valence-electron chi connectivity index (χ1n) is 5.92. The van der Waals surface area contributed by atoms with Gasteiger partial charge in [-0.2, -0.15) is 23.0 Å². The van der Waals surface area contributed by atoms with Crippen LogP contribution in [0.2, 0.25) is 0 Å². The van der Waals surface area contributed by atoms with Crippen LogP contribution in [0.25, 0.3) is 5.69 Å². The Hall–Kier alpha value is -2.42. The summed E-state index contributed by atoms with van der Waals surface area (Å²) in [6.45, 7) is -0.260. The molecule has 5 nitrogen and oxygen atoms in total. The Morgan fingerprint density at radius 2 is 2.05 bits per heavy atom. The van der Waals surface area contributed by atoms with Crippen LogP contribution in [0.5, 0.6) is 5.88 Å². The third-order valence-electron chi connectivity index (χ3n) is 2.75. The van der Waals surface area contributed by atoms with Crippen molar-refractivity contribution in [2.75, 3.05) is 13.7 Å². The molecular formula is C13H10F4N2O3. The minimum absolute atomic E-state index is 0.00853. The summed E-state index contributed by atoms with van der Waals surface area (Å²) in [5.41, 5.74) is -1.78. The highest BCUT2D eigenvalue weighted by Gasteiger charge is 2.35. The standard InChI is InChI=1S/C13H10F4N2O3/c1-22-6-10(20)7-2-3-9(8(14)4-7)19-12(21)5-11(18-19)13(15,16)17/h2-5,21H,6H2,1H3. The van der Waals surface area contributed by atoms with Crippen LogP contribution in [0, 0.1) is 5.82 Å². The average molecular weight is 318 g/mol. The number of methoxy groups -OCH3 is 1. The van der Waals surface area contributed by atoms with Gasteiger partial charge in [-0.15, -0.1) is 0 Å². The molecule has 1 aromatic heterocycles. The van der Waals surface area contributed by atoms with Gasteiger partial charge in [0.05, 0.1) is 0 Å². The fourth-order valence-electron chi connectivity index (χ4n) is 1.75. The summed E-state index contributed by atoms with van der Waals surface area (Å²) in [4.78, 5) is 11.5. The van der Waals surface area contributed by atoms with Gasteiger partial charge in [0.1, 0.15) is 18.1 Å². The number of ketones is 1. The monoisotopic (exact) mass is 318 g/mol. The number of Topliss-reactive ketones (excluding diaryl/α,β-unsaturated/α-hetero) is 1. The smallest absolute Gasteiger partial charge is 0.435 e. The first-order chi connectivity index (χ1) is 10.2. The topological polar surface area (TPSA) is 64.4 Å². The van der Waals surface area contributed by atoms with Crippen LogP contribution >= 0.6 is 0 Å². The van der Waals surface area contributed by atoms with E-state index in [2.05, 4.69) is 9.84 Å². The molecule has 0 saturated heterocycles. The van der Waals surface area contributed by atoms with E-state index in [9.17, 15) is 27.5 Å². The lowest BCUT2D eigenvalue weighted by atomic mass is 10.1. The van der Waals surface area contributed by atoms with Crippen molar-refractivity contribution in [1.29, 1.82) is 0 Å². The first-order valence-corrected chi connectivity index (χ1v) is 5.92. The van der Waals surface area contributed by atoms with E-state index in [0.29, 0.717) is 10.7 Å². The van der Waals surface area contributed by atoms with Gasteiger partial charge < -0.3 is 9.84 Å². The Morgan fingerprint density at radius 1 is 1.36 bits per heavy atom. The van der Waals surface area contributed by atoms with Gasteiger partial charge in [-0.25, -0.2) is 4.39 Å². The molecule has 0 aliphatic carbocycles. The van der Waals surface area contributed by atoms with Crippen LogP contribution in [-0.2, 0) is 10.9 Å². The molecule has 1 heterocycles. The van der Waals surface area contributed by atoms with Crippen molar-refractivity contribution >= 4 is 5.78 Å². The number of carbonyl (C=O) groups excluding carboxylic acids is 1. The molecule has 0 atom stereocenters. The summed E-state index contributed by atoms with van der Waals surface area (Å²) in [7, 11) is 1.29. The third kappa shape index (κ3) is 3.08. The van der Waals surface area contributed by atoms with Crippen molar-refractivity contribution < 1.29 is 32.2 Å². The summed E-state index contributed by atoms with van der Waals surface area (Å²) >= 11 is 0. The molecule has 0 unspecified atom stereocenters. The maximum Gasteiger partial charge on any atom is 0.435 e. The van der Waals surface area contributed by atoms with Gasteiger partial charge in [-0.1, -0.05) is 0 Å². The molecule has 9 heteroatoms. The van der Waals surface area contributed by atoms with Gasteiger partial charge in [0.2, 0.25) is 5.88 Å². The second kappa shape index (κ2) is 5.76. The molecule has 0 aliphatic rings. The van der Waals surface area contributed by atoms with Crippen molar-refractivity contribution in [2.45, 2.75) is 6.18 Å². The Bertz CT molecular complexity index is 710. The third-order valence-corrected chi connectivity index (χ3v) is 2.75. The lowest BCUT2D eigenvalue weighted by Crippen LogP contribution is -2.10. The Morgan fingerprint density at radius 3 is 2.55 bits per heavy atom. The predicted molar refractivity (Wildman–Crippen MR) is 66.4 cm³/mol. The number of rotatable bonds is 4.